The van der Waals surface area contributed by atoms with Crippen LogP contribution in [0, 0.1) is 34.5 Å². The molecule has 3 saturated carbocycles. The SMILES string of the molecule is CC1C[C@H]2[C@@H]3C(Cl)CC4=CC(=O)CC[C@]4(C)[C@H]3C(O)C[C@]2(C)[C@@]1(OC(=O)c1ccccc1)C(=O)CO. The smallest absolute Gasteiger partial charge is 0.339 e. The van der Waals surface area contributed by atoms with E-state index in [2.05, 4.69) is 6.92 Å². The largest absolute Gasteiger partial charge is 0.446 e. The van der Waals surface area contributed by atoms with E-state index in [-0.39, 0.29) is 46.7 Å². The van der Waals surface area contributed by atoms with Gasteiger partial charge in [-0.2, -0.15) is 0 Å². The Morgan fingerprint density at radius 3 is 2.56 bits per heavy atom. The third-order valence-electron chi connectivity index (χ3n) is 10.2. The predicted molar refractivity (Wildman–Crippen MR) is 134 cm³/mol. The van der Waals surface area contributed by atoms with Gasteiger partial charge >= 0.3 is 5.97 Å². The highest BCUT2D eigenvalue weighted by Crippen LogP contribution is 2.70. The average Bonchev–Trinajstić information content (AvgIpc) is 3.06. The minimum absolute atomic E-state index is 0.0986. The molecule has 0 aromatic heterocycles. The number of ether oxygens (including phenoxy) is 1. The van der Waals surface area contributed by atoms with Crippen LogP contribution in [-0.4, -0.2) is 51.4 Å². The molecule has 4 aliphatic carbocycles. The molecule has 0 radical (unpaired) electrons. The van der Waals surface area contributed by atoms with Gasteiger partial charge in [-0.05, 0) is 67.1 Å². The summed E-state index contributed by atoms with van der Waals surface area (Å²) in [5, 5.41) is 21.5. The molecule has 0 spiro atoms. The van der Waals surface area contributed by atoms with Crippen LogP contribution >= 0.6 is 11.6 Å². The van der Waals surface area contributed by atoms with Gasteiger partial charge in [0.2, 0.25) is 5.78 Å². The minimum Gasteiger partial charge on any atom is -0.446 e. The van der Waals surface area contributed by atoms with Crippen molar-refractivity contribution in [1.82, 2.24) is 0 Å². The molecular formula is C29H35ClO6. The summed E-state index contributed by atoms with van der Waals surface area (Å²) in [7, 11) is 0. The van der Waals surface area contributed by atoms with Crippen LogP contribution in [-0.2, 0) is 14.3 Å². The third-order valence-corrected chi connectivity index (χ3v) is 10.7. The van der Waals surface area contributed by atoms with Gasteiger partial charge in [0, 0.05) is 23.1 Å². The van der Waals surface area contributed by atoms with Crippen LogP contribution in [0.15, 0.2) is 42.0 Å². The summed E-state index contributed by atoms with van der Waals surface area (Å²) in [6.45, 7) is 5.21. The molecule has 7 heteroatoms. The number of hydrogen-bond acceptors (Lipinski definition) is 6. The molecular weight excluding hydrogens is 480 g/mol. The number of allylic oxidation sites excluding steroid dienone is 1. The zero-order valence-electron chi connectivity index (χ0n) is 21.1. The molecule has 194 valence electrons. The predicted octanol–water partition coefficient (Wildman–Crippen LogP) is 4.11. The number of benzene rings is 1. The van der Waals surface area contributed by atoms with Gasteiger partial charge in [-0.25, -0.2) is 4.79 Å². The van der Waals surface area contributed by atoms with Crippen LogP contribution in [0.1, 0.15) is 63.2 Å². The number of alkyl halides is 1. The number of halogens is 1. The lowest BCUT2D eigenvalue weighted by Crippen LogP contribution is -2.65. The zero-order chi connectivity index (χ0) is 26.0. The maximum Gasteiger partial charge on any atom is 0.339 e. The molecule has 2 N–H and O–H groups in total. The Hall–Kier alpha value is -2.02. The van der Waals surface area contributed by atoms with E-state index in [1.165, 1.54) is 0 Å². The lowest BCUT2D eigenvalue weighted by molar-refractivity contribution is -0.187. The second kappa shape index (κ2) is 8.78. The molecule has 0 amide bonds. The number of carbonyl (C=O) groups excluding carboxylic acids is 3. The highest BCUT2D eigenvalue weighted by molar-refractivity contribution is 6.21. The molecule has 3 unspecified atom stereocenters. The Labute approximate surface area is 217 Å². The number of esters is 1. The fourth-order valence-corrected chi connectivity index (χ4v) is 9.18. The molecule has 3 fully saturated rings. The first kappa shape index (κ1) is 25.6. The molecule has 36 heavy (non-hydrogen) atoms. The molecule has 0 aliphatic heterocycles. The zero-order valence-corrected chi connectivity index (χ0v) is 21.8. The van der Waals surface area contributed by atoms with Gasteiger partial charge in [0.1, 0.15) is 6.61 Å². The maximum atomic E-state index is 13.6. The number of rotatable bonds is 4. The molecule has 1 aromatic rings. The molecule has 0 saturated heterocycles. The number of Topliss-reactive ketones (excluding diaryl/α,β-unsaturated/α-hetero) is 1. The van der Waals surface area contributed by atoms with Crippen LogP contribution in [0.5, 0.6) is 0 Å². The summed E-state index contributed by atoms with van der Waals surface area (Å²) < 4.78 is 6.17. The van der Waals surface area contributed by atoms with Crippen molar-refractivity contribution in [2.75, 3.05) is 6.61 Å². The molecule has 5 rings (SSSR count). The molecule has 4 aliphatic rings. The number of aliphatic hydroxyl groups is 2. The van der Waals surface area contributed by atoms with E-state index in [4.69, 9.17) is 16.3 Å². The fraction of sp³-hybridized carbons (Fsp3) is 0.621. The molecule has 0 bridgehead atoms. The summed E-state index contributed by atoms with van der Waals surface area (Å²) >= 11 is 7.06. The lowest BCUT2D eigenvalue weighted by atomic mass is 9.45. The van der Waals surface area contributed by atoms with E-state index in [1.807, 2.05) is 13.8 Å². The quantitative estimate of drug-likeness (QED) is 0.463. The second-order valence-corrected chi connectivity index (χ2v) is 12.4. The Morgan fingerprint density at radius 1 is 1.19 bits per heavy atom. The summed E-state index contributed by atoms with van der Waals surface area (Å²) in [4.78, 5) is 39.1. The van der Waals surface area contributed by atoms with Gasteiger partial charge in [-0.1, -0.05) is 44.5 Å². The normalized spacial score (nSPS) is 43.6. The van der Waals surface area contributed by atoms with Gasteiger partial charge in [0.25, 0.3) is 0 Å². The van der Waals surface area contributed by atoms with E-state index < -0.39 is 35.5 Å². The highest BCUT2D eigenvalue weighted by Gasteiger charge is 2.73. The number of aliphatic hydroxyl groups excluding tert-OH is 2. The Kier molecular flexibility index (Phi) is 6.25. The lowest BCUT2D eigenvalue weighted by Gasteiger charge is -2.61. The highest BCUT2D eigenvalue weighted by atomic mass is 35.5. The summed E-state index contributed by atoms with van der Waals surface area (Å²) in [5.41, 5.74) is -1.49. The van der Waals surface area contributed by atoms with Crippen molar-refractivity contribution >= 4 is 29.1 Å². The Bertz CT molecular complexity index is 1120. The standard InChI is InChI=1S/C29H35ClO6/c1-16-11-20-24-21(30)13-18-12-19(32)9-10-27(18,2)25(24)22(33)14-28(20,3)29(16,23(34)15-31)36-26(35)17-7-5-4-6-8-17/h4-8,12,16,20-22,24-25,31,33H,9-11,13-15H2,1-3H3/t16?,20-,21?,22?,24+,25-,27-,28-,29-/m0/s1. The molecule has 0 heterocycles. The Balaban J connectivity index is 1.59. The first-order valence-corrected chi connectivity index (χ1v) is 13.4. The summed E-state index contributed by atoms with van der Waals surface area (Å²) in [6.07, 6.45) is 3.45. The van der Waals surface area contributed by atoms with Crippen LogP contribution in [0.3, 0.4) is 0 Å². The van der Waals surface area contributed by atoms with Crippen LogP contribution < -0.4 is 0 Å². The summed E-state index contributed by atoms with van der Waals surface area (Å²) in [5.74, 6) is -1.80. The van der Waals surface area contributed by atoms with Gasteiger partial charge < -0.3 is 14.9 Å². The first-order chi connectivity index (χ1) is 17.0. The van der Waals surface area contributed by atoms with Crippen molar-refractivity contribution in [3.05, 3.63) is 47.5 Å². The van der Waals surface area contributed by atoms with E-state index in [0.717, 1.165) is 5.57 Å². The van der Waals surface area contributed by atoms with Crippen LogP contribution in [0.4, 0.5) is 0 Å². The van der Waals surface area contributed by atoms with Gasteiger partial charge in [-0.15, -0.1) is 11.6 Å². The van der Waals surface area contributed by atoms with E-state index in [0.29, 0.717) is 31.2 Å². The van der Waals surface area contributed by atoms with Crippen LogP contribution in [0.25, 0.3) is 0 Å². The maximum absolute atomic E-state index is 13.6. The van der Waals surface area contributed by atoms with Crippen molar-refractivity contribution in [3.8, 4) is 0 Å². The van der Waals surface area contributed by atoms with Gasteiger partial charge in [0.05, 0.1) is 11.7 Å². The minimum atomic E-state index is -1.58. The molecule has 6 nitrogen and oxygen atoms in total. The van der Waals surface area contributed by atoms with Crippen molar-refractivity contribution < 1.29 is 29.3 Å². The number of ketones is 2. The third kappa shape index (κ3) is 3.40. The van der Waals surface area contributed by atoms with E-state index >= 15 is 0 Å². The average molecular weight is 515 g/mol. The topological polar surface area (TPSA) is 101 Å². The van der Waals surface area contributed by atoms with Crippen LogP contribution in [0.2, 0.25) is 0 Å². The number of fused-ring (bicyclic) bond motifs is 5. The van der Waals surface area contributed by atoms with Crippen molar-refractivity contribution in [1.29, 1.82) is 0 Å². The van der Waals surface area contributed by atoms with Crippen molar-refractivity contribution in [2.24, 2.45) is 34.5 Å². The first-order valence-electron chi connectivity index (χ1n) is 13.0. The fourth-order valence-electron chi connectivity index (χ4n) is 8.68. The Morgan fingerprint density at radius 2 is 1.89 bits per heavy atom. The molecule has 9 atom stereocenters. The number of carbonyl (C=O) groups is 3. The van der Waals surface area contributed by atoms with Gasteiger partial charge in [0.15, 0.2) is 11.4 Å². The van der Waals surface area contributed by atoms with Gasteiger partial charge in [-0.3, -0.25) is 9.59 Å². The van der Waals surface area contributed by atoms with E-state index in [1.54, 1.807) is 36.4 Å². The van der Waals surface area contributed by atoms with E-state index in [9.17, 15) is 24.6 Å². The summed E-state index contributed by atoms with van der Waals surface area (Å²) in [6, 6.07) is 8.54. The second-order valence-electron chi connectivity index (χ2n) is 11.9. The van der Waals surface area contributed by atoms with Crippen molar-refractivity contribution in [3.63, 3.8) is 0 Å². The van der Waals surface area contributed by atoms with Crippen molar-refractivity contribution in [2.45, 2.75) is 70.0 Å². The number of hydrogen-bond donors (Lipinski definition) is 2. The molecule has 1 aromatic carbocycles. The monoisotopic (exact) mass is 514 g/mol.